The Labute approximate surface area is 96.6 Å². The minimum absolute atomic E-state index is 0.183. The monoisotopic (exact) mass is 247 g/mol. The SMILES string of the molecule is NC(c1ccc(C(F)(F)F)cc1F)C1CCC1. The van der Waals surface area contributed by atoms with Crippen molar-refractivity contribution >= 4 is 0 Å². The van der Waals surface area contributed by atoms with Gasteiger partial charge in [-0.15, -0.1) is 0 Å². The first-order valence-corrected chi connectivity index (χ1v) is 5.52. The molecule has 2 rings (SSSR count). The van der Waals surface area contributed by atoms with E-state index in [4.69, 9.17) is 5.73 Å². The Hall–Kier alpha value is -1.10. The predicted octanol–water partition coefficient (Wildman–Crippen LogP) is 3.64. The number of hydrogen-bond acceptors (Lipinski definition) is 1. The minimum Gasteiger partial charge on any atom is -0.324 e. The van der Waals surface area contributed by atoms with E-state index in [0.717, 1.165) is 31.4 Å². The van der Waals surface area contributed by atoms with E-state index < -0.39 is 23.6 Å². The van der Waals surface area contributed by atoms with Gasteiger partial charge in [-0.2, -0.15) is 13.2 Å². The fourth-order valence-electron chi connectivity index (χ4n) is 2.03. The number of hydrogen-bond donors (Lipinski definition) is 1. The Morgan fingerprint density at radius 3 is 2.29 bits per heavy atom. The summed E-state index contributed by atoms with van der Waals surface area (Å²) in [5.74, 6) is -0.666. The molecule has 1 unspecified atom stereocenters. The zero-order chi connectivity index (χ0) is 12.6. The third-order valence-electron chi connectivity index (χ3n) is 3.34. The molecule has 1 aromatic carbocycles. The molecule has 0 bridgehead atoms. The lowest BCUT2D eigenvalue weighted by Crippen LogP contribution is -2.27. The average molecular weight is 247 g/mol. The van der Waals surface area contributed by atoms with Gasteiger partial charge in [-0.1, -0.05) is 12.5 Å². The fourth-order valence-corrected chi connectivity index (χ4v) is 2.03. The van der Waals surface area contributed by atoms with Gasteiger partial charge in [0.1, 0.15) is 5.82 Å². The van der Waals surface area contributed by atoms with E-state index in [0.29, 0.717) is 6.07 Å². The van der Waals surface area contributed by atoms with Gasteiger partial charge in [-0.3, -0.25) is 0 Å². The molecule has 1 aromatic rings. The Bertz CT molecular complexity index is 409. The third kappa shape index (κ3) is 2.44. The maximum absolute atomic E-state index is 13.6. The molecule has 1 saturated carbocycles. The van der Waals surface area contributed by atoms with E-state index >= 15 is 0 Å². The van der Waals surface area contributed by atoms with E-state index in [1.807, 2.05) is 0 Å². The third-order valence-corrected chi connectivity index (χ3v) is 3.34. The zero-order valence-corrected chi connectivity index (χ0v) is 9.10. The summed E-state index contributed by atoms with van der Waals surface area (Å²) in [7, 11) is 0. The number of rotatable bonds is 2. The summed E-state index contributed by atoms with van der Waals surface area (Å²) in [6, 6.07) is 2.07. The first-order valence-electron chi connectivity index (χ1n) is 5.52. The maximum Gasteiger partial charge on any atom is 0.416 e. The van der Waals surface area contributed by atoms with Crippen LogP contribution in [-0.4, -0.2) is 0 Å². The van der Waals surface area contributed by atoms with E-state index in [9.17, 15) is 17.6 Å². The van der Waals surface area contributed by atoms with Gasteiger partial charge in [-0.25, -0.2) is 4.39 Å². The van der Waals surface area contributed by atoms with Crippen LogP contribution in [0, 0.1) is 11.7 Å². The van der Waals surface area contributed by atoms with Crippen molar-refractivity contribution in [3.05, 3.63) is 35.1 Å². The first-order chi connectivity index (χ1) is 7.89. The van der Waals surface area contributed by atoms with Crippen LogP contribution < -0.4 is 5.73 Å². The highest BCUT2D eigenvalue weighted by atomic mass is 19.4. The van der Waals surface area contributed by atoms with Crippen LogP contribution >= 0.6 is 0 Å². The summed E-state index contributed by atoms with van der Waals surface area (Å²) in [5.41, 5.74) is 5.05. The Morgan fingerprint density at radius 2 is 1.88 bits per heavy atom. The second-order valence-electron chi connectivity index (χ2n) is 4.45. The van der Waals surface area contributed by atoms with Gasteiger partial charge >= 0.3 is 6.18 Å². The maximum atomic E-state index is 13.6. The van der Waals surface area contributed by atoms with E-state index in [1.165, 1.54) is 0 Å². The lowest BCUT2D eigenvalue weighted by Gasteiger charge is -2.31. The highest BCUT2D eigenvalue weighted by Gasteiger charge is 2.33. The van der Waals surface area contributed by atoms with E-state index in [-0.39, 0.29) is 11.5 Å². The van der Waals surface area contributed by atoms with Gasteiger partial charge in [0.2, 0.25) is 0 Å². The van der Waals surface area contributed by atoms with Crippen molar-refractivity contribution in [2.24, 2.45) is 11.7 Å². The minimum atomic E-state index is -4.51. The van der Waals surface area contributed by atoms with Gasteiger partial charge in [-0.05, 0) is 30.9 Å². The van der Waals surface area contributed by atoms with Crippen molar-refractivity contribution in [2.75, 3.05) is 0 Å². The zero-order valence-electron chi connectivity index (χ0n) is 9.10. The topological polar surface area (TPSA) is 26.0 Å². The second-order valence-corrected chi connectivity index (χ2v) is 4.45. The Kier molecular flexibility index (Phi) is 3.12. The Balaban J connectivity index is 2.25. The first kappa shape index (κ1) is 12.4. The van der Waals surface area contributed by atoms with Crippen molar-refractivity contribution in [1.82, 2.24) is 0 Å². The molecule has 17 heavy (non-hydrogen) atoms. The van der Waals surface area contributed by atoms with Crippen molar-refractivity contribution in [3.63, 3.8) is 0 Å². The molecular formula is C12H13F4N. The molecule has 0 saturated heterocycles. The van der Waals surface area contributed by atoms with Gasteiger partial charge in [0.25, 0.3) is 0 Å². The molecule has 0 heterocycles. The number of nitrogens with two attached hydrogens (primary N) is 1. The van der Waals surface area contributed by atoms with Crippen molar-refractivity contribution in [1.29, 1.82) is 0 Å². The lowest BCUT2D eigenvalue weighted by molar-refractivity contribution is -0.137. The number of alkyl halides is 3. The summed E-state index contributed by atoms with van der Waals surface area (Å²) >= 11 is 0. The molecule has 0 spiro atoms. The predicted molar refractivity (Wildman–Crippen MR) is 55.7 cm³/mol. The van der Waals surface area contributed by atoms with E-state index in [1.54, 1.807) is 0 Å². The quantitative estimate of drug-likeness (QED) is 0.793. The van der Waals surface area contributed by atoms with Gasteiger partial charge in [0, 0.05) is 11.6 Å². The molecule has 1 aliphatic carbocycles. The standard InChI is InChI=1S/C12H13F4N/c13-10-6-8(12(14,15)16)4-5-9(10)11(17)7-2-1-3-7/h4-7,11H,1-3,17H2. The van der Waals surface area contributed by atoms with Crippen LogP contribution in [0.1, 0.15) is 36.4 Å². The summed E-state index contributed by atoms with van der Waals surface area (Å²) in [4.78, 5) is 0. The van der Waals surface area contributed by atoms with Crippen LogP contribution in [0.4, 0.5) is 17.6 Å². The highest BCUT2D eigenvalue weighted by Crippen LogP contribution is 2.38. The molecule has 5 heteroatoms. The highest BCUT2D eigenvalue weighted by molar-refractivity contribution is 5.29. The molecule has 1 nitrogen and oxygen atoms in total. The molecule has 0 amide bonds. The summed E-state index contributed by atoms with van der Waals surface area (Å²) in [6.45, 7) is 0. The molecule has 2 N–H and O–H groups in total. The van der Waals surface area contributed by atoms with Gasteiger partial charge in [0.15, 0.2) is 0 Å². The molecule has 1 fully saturated rings. The van der Waals surface area contributed by atoms with Crippen molar-refractivity contribution < 1.29 is 17.6 Å². The molecule has 0 radical (unpaired) electrons. The van der Waals surface area contributed by atoms with Gasteiger partial charge in [0.05, 0.1) is 5.56 Å². The average Bonchev–Trinajstić information content (AvgIpc) is 2.12. The smallest absolute Gasteiger partial charge is 0.324 e. The van der Waals surface area contributed by atoms with Crippen LogP contribution in [-0.2, 0) is 6.18 Å². The van der Waals surface area contributed by atoms with Crippen LogP contribution in [0.2, 0.25) is 0 Å². The van der Waals surface area contributed by atoms with E-state index in [2.05, 4.69) is 0 Å². The van der Waals surface area contributed by atoms with Crippen molar-refractivity contribution in [2.45, 2.75) is 31.5 Å². The normalized spacial score (nSPS) is 18.9. The number of benzene rings is 1. The van der Waals surface area contributed by atoms with Gasteiger partial charge < -0.3 is 5.73 Å². The summed E-state index contributed by atoms with van der Waals surface area (Å²) < 4.78 is 50.6. The molecule has 1 aliphatic rings. The molecule has 0 aliphatic heterocycles. The Morgan fingerprint density at radius 1 is 1.24 bits per heavy atom. The number of halogens is 4. The lowest BCUT2D eigenvalue weighted by atomic mass is 9.77. The van der Waals surface area contributed by atoms with Crippen LogP contribution in [0.5, 0.6) is 0 Å². The molecule has 0 aromatic heterocycles. The fraction of sp³-hybridized carbons (Fsp3) is 0.500. The van der Waals surface area contributed by atoms with Crippen LogP contribution in [0.3, 0.4) is 0 Å². The summed E-state index contributed by atoms with van der Waals surface area (Å²) in [5, 5.41) is 0. The van der Waals surface area contributed by atoms with Crippen LogP contribution in [0.25, 0.3) is 0 Å². The van der Waals surface area contributed by atoms with Crippen molar-refractivity contribution in [3.8, 4) is 0 Å². The summed E-state index contributed by atoms with van der Waals surface area (Å²) in [6.07, 6.45) is -1.62. The largest absolute Gasteiger partial charge is 0.416 e. The molecule has 94 valence electrons. The van der Waals surface area contributed by atoms with Crippen LogP contribution in [0.15, 0.2) is 18.2 Å². The second kappa shape index (κ2) is 4.29. The molecular weight excluding hydrogens is 234 g/mol. The molecule has 1 atom stereocenters.